The first-order chi connectivity index (χ1) is 13.1. The van der Waals surface area contributed by atoms with Crippen molar-refractivity contribution < 1.29 is 14.0 Å². The molecule has 140 valence electrons. The van der Waals surface area contributed by atoms with E-state index in [1.807, 2.05) is 17.6 Å². The van der Waals surface area contributed by atoms with Crippen LogP contribution in [0.5, 0.6) is 0 Å². The zero-order chi connectivity index (χ0) is 19.2. The van der Waals surface area contributed by atoms with Crippen molar-refractivity contribution in [1.29, 1.82) is 0 Å². The van der Waals surface area contributed by atoms with Gasteiger partial charge in [0.25, 0.3) is 0 Å². The van der Waals surface area contributed by atoms with Crippen LogP contribution in [0.2, 0.25) is 0 Å². The van der Waals surface area contributed by atoms with E-state index in [0.29, 0.717) is 29.0 Å². The molecule has 0 bridgehead atoms. The summed E-state index contributed by atoms with van der Waals surface area (Å²) in [4.78, 5) is 24.3. The van der Waals surface area contributed by atoms with Crippen LogP contribution in [0.15, 0.2) is 58.3 Å². The molecule has 0 radical (unpaired) electrons. The Labute approximate surface area is 160 Å². The number of para-hydroxylation sites is 1. The standard InChI is InChI=1S/C18H19N5O3S/c1-3-23-15(14-10-7-11-26-14)21-22-18(23)27-12(2)16(24)20-17(25)19-13-8-5-4-6-9-13/h4-12H,3H2,1-2H3,(H2,19,20,24,25). The minimum Gasteiger partial charge on any atom is -0.461 e. The van der Waals surface area contributed by atoms with Crippen LogP contribution in [0.1, 0.15) is 13.8 Å². The molecular formula is C18H19N5O3S. The molecule has 9 heteroatoms. The maximum Gasteiger partial charge on any atom is 0.325 e. The maximum absolute atomic E-state index is 12.3. The molecule has 27 heavy (non-hydrogen) atoms. The van der Waals surface area contributed by atoms with Crippen LogP contribution in [-0.2, 0) is 11.3 Å². The van der Waals surface area contributed by atoms with Gasteiger partial charge in [-0.15, -0.1) is 10.2 Å². The Bertz CT molecular complexity index is 908. The van der Waals surface area contributed by atoms with Crippen molar-refractivity contribution in [2.45, 2.75) is 30.8 Å². The number of anilines is 1. The molecule has 0 spiro atoms. The van der Waals surface area contributed by atoms with Crippen LogP contribution in [-0.4, -0.2) is 32.0 Å². The highest BCUT2D eigenvalue weighted by Crippen LogP contribution is 2.27. The van der Waals surface area contributed by atoms with Crippen LogP contribution in [0.25, 0.3) is 11.6 Å². The van der Waals surface area contributed by atoms with Crippen molar-refractivity contribution in [3.8, 4) is 11.6 Å². The fourth-order valence-electron chi connectivity index (χ4n) is 2.36. The fourth-order valence-corrected chi connectivity index (χ4v) is 3.27. The number of nitrogens with one attached hydrogen (secondary N) is 2. The summed E-state index contributed by atoms with van der Waals surface area (Å²) in [5, 5.41) is 13.3. The van der Waals surface area contributed by atoms with Gasteiger partial charge in [0.2, 0.25) is 5.91 Å². The van der Waals surface area contributed by atoms with E-state index in [9.17, 15) is 9.59 Å². The number of carbonyl (C=O) groups is 2. The van der Waals surface area contributed by atoms with Crippen LogP contribution in [0, 0.1) is 0 Å². The third-order valence-corrected chi connectivity index (χ3v) is 4.77. The van der Waals surface area contributed by atoms with E-state index in [4.69, 9.17) is 4.42 Å². The molecule has 0 aliphatic heterocycles. The summed E-state index contributed by atoms with van der Waals surface area (Å²) < 4.78 is 7.23. The number of furan rings is 1. The number of rotatable bonds is 6. The van der Waals surface area contributed by atoms with Crippen LogP contribution >= 0.6 is 11.8 Å². The lowest BCUT2D eigenvalue weighted by molar-refractivity contribution is -0.119. The SMILES string of the molecule is CCn1c(SC(C)C(=O)NC(=O)Nc2ccccc2)nnc1-c1ccco1. The molecule has 0 aliphatic rings. The van der Waals surface area contributed by atoms with E-state index < -0.39 is 17.2 Å². The average Bonchev–Trinajstić information content (AvgIpc) is 3.31. The van der Waals surface area contributed by atoms with Gasteiger partial charge in [0, 0.05) is 12.2 Å². The molecule has 3 aromatic rings. The monoisotopic (exact) mass is 385 g/mol. The van der Waals surface area contributed by atoms with Crippen LogP contribution < -0.4 is 10.6 Å². The number of urea groups is 1. The van der Waals surface area contributed by atoms with Crippen molar-refractivity contribution in [2.24, 2.45) is 0 Å². The number of thioether (sulfide) groups is 1. The lowest BCUT2D eigenvalue weighted by atomic mass is 10.3. The zero-order valence-corrected chi connectivity index (χ0v) is 15.7. The summed E-state index contributed by atoms with van der Waals surface area (Å²) in [6.45, 7) is 4.28. The van der Waals surface area contributed by atoms with Crippen molar-refractivity contribution in [3.63, 3.8) is 0 Å². The minimum absolute atomic E-state index is 0.418. The first-order valence-corrected chi connectivity index (χ1v) is 9.27. The number of hydrogen-bond donors (Lipinski definition) is 2. The molecule has 0 saturated heterocycles. The van der Waals surface area contributed by atoms with Crippen molar-refractivity contribution >= 4 is 29.4 Å². The van der Waals surface area contributed by atoms with Crippen molar-refractivity contribution in [1.82, 2.24) is 20.1 Å². The average molecular weight is 385 g/mol. The highest BCUT2D eigenvalue weighted by molar-refractivity contribution is 8.00. The minimum atomic E-state index is -0.577. The Morgan fingerprint density at radius 1 is 1.19 bits per heavy atom. The van der Waals surface area contributed by atoms with Gasteiger partial charge in [-0.25, -0.2) is 4.79 Å². The summed E-state index contributed by atoms with van der Waals surface area (Å²) in [5.74, 6) is 0.786. The van der Waals surface area contributed by atoms with Gasteiger partial charge in [0.15, 0.2) is 16.7 Å². The molecular weight excluding hydrogens is 366 g/mol. The summed E-state index contributed by atoms with van der Waals surface area (Å²) in [7, 11) is 0. The number of benzene rings is 1. The molecule has 0 saturated carbocycles. The number of carbonyl (C=O) groups excluding carboxylic acids is 2. The lowest BCUT2D eigenvalue weighted by Crippen LogP contribution is -2.38. The second-order valence-electron chi connectivity index (χ2n) is 5.60. The maximum atomic E-state index is 12.3. The quantitative estimate of drug-likeness (QED) is 0.631. The Morgan fingerprint density at radius 3 is 2.63 bits per heavy atom. The largest absolute Gasteiger partial charge is 0.461 e. The van der Waals surface area contributed by atoms with E-state index in [1.54, 1.807) is 49.6 Å². The summed E-state index contributed by atoms with van der Waals surface area (Å²) in [5.41, 5.74) is 0.608. The molecule has 2 heterocycles. The zero-order valence-electron chi connectivity index (χ0n) is 14.9. The Kier molecular flexibility index (Phi) is 5.92. The first-order valence-electron chi connectivity index (χ1n) is 8.39. The molecule has 0 fully saturated rings. The Hall–Kier alpha value is -3.07. The second-order valence-corrected chi connectivity index (χ2v) is 6.91. The summed E-state index contributed by atoms with van der Waals surface area (Å²) in [6.07, 6.45) is 1.57. The normalized spacial score (nSPS) is 11.8. The van der Waals surface area contributed by atoms with Gasteiger partial charge >= 0.3 is 6.03 Å². The smallest absolute Gasteiger partial charge is 0.325 e. The molecule has 8 nitrogen and oxygen atoms in total. The molecule has 1 aromatic carbocycles. The van der Waals surface area contributed by atoms with Crippen LogP contribution in [0.3, 0.4) is 0 Å². The van der Waals surface area contributed by atoms with Gasteiger partial charge in [-0.05, 0) is 38.1 Å². The van der Waals surface area contributed by atoms with Gasteiger partial charge in [-0.3, -0.25) is 14.7 Å². The van der Waals surface area contributed by atoms with E-state index in [2.05, 4.69) is 20.8 Å². The third-order valence-electron chi connectivity index (χ3n) is 3.69. The van der Waals surface area contributed by atoms with E-state index in [-0.39, 0.29) is 0 Å². The predicted molar refractivity (Wildman–Crippen MR) is 102 cm³/mol. The summed E-state index contributed by atoms with van der Waals surface area (Å²) >= 11 is 1.22. The number of amides is 3. The van der Waals surface area contributed by atoms with Gasteiger partial charge < -0.3 is 9.73 Å². The van der Waals surface area contributed by atoms with Gasteiger partial charge in [0.05, 0.1) is 11.5 Å². The molecule has 3 amide bonds. The molecule has 2 aromatic heterocycles. The molecule has 1 unspecified atom stereocenters. The molecule has 3 rings (SSSR count). The van der Waals surface area contributed by atoms with E-state index >= 15 is 0 Å². The first kappa shape index (κ1) is 18.7. The topological polar surface area (TPSA) is 102 Å². The van der Waals surface area contributed by atoms with Crippen molar-refractivity contribution in [3.05, 3.63) is 48.7 Å². The number of aromatic nitrogens is 3. The Balaban J connectivity index is 1.62. The van der Waals surface area contributed by atoms with Crippen LogP contribution in [0.4, 0.5) is 10.5 Å². The number of hydrogen-bond acceptors (Lipinski definition) is 6. The number of imide groups is 1. The highest BCUT2D eigenvalue weighted by atomic mass is 32.2. The molecule has 1 atom stereocenters. The third kappa shape index (κ3) is 4.56. The summed E-state index contributed by atoms with van der Waals surface area (Å²) in [6, 6.07) is 11.9. The predicted octanol–water partition coefficient (Wildman–Crippen LogP) is 3.39. The second kappa shape index (κ2) is 8.54. The van der Waals surface area contributed by atoms with Gasteiger partial charge in [-0.1, -0.05) is 30.0 Å². The molecule has 0 aliphatic carbocycles. The Morgan fingerprint density at radius 2 is 1.96 bits per heavy atom. The van der Waals surface area contributed by atoms with E-state index in [1.165, 1.54) is 11.8 Å². The fraction of sp³-hybridized carbons (Fsp3) is 0.222. The van der Waals surface area contributed by atoms with Gasteiger partial charge in [0.1, 0.15) is 0 Å². The van der Waals surface area contributed by atoms with Gasteiger partial charge in [-0.2, -0.15) is 0 Å². The van der Waals surface area contributed by atoms with E-state index in [0.717, 1.165) is 0 Å². The molecule has 2 N–H and O–H groups in total. The highest BCUT2D eigenvalue weighted by Gasteiger charge is 2.22. The van der Waals surface area contributed by atoms with Crippen molar-refractivity contribution in [2.75, 3.05) is 5.32 Å². The number of nitrogens with zero attached hydrogens (tertiary/aromatic N) is 3. The lowest BCUT2D eigenvalue weighted by Gasteiger charge is -2.12.